The lowest BCUT2D eigenvalue weighted by Crippen LogP contribution is -2.38. The molecule has 2 fully saturated rings. The summed E-state index contributed by atoms with van der Waals surface area (Å²) in [4.78, 5) is 30.6. The van der Waals surface area contributed by atoms with Crippen molar-refractivity contribution in [2.45, 2.75) is 32.2 Å². The number of carbonyl (C=O) groups is 2. The van der Waals surface area contributed by atoms with Crippen molar-refractivity contribution in [1.29, 1.82) is 0 Å². The Hall–Kier alpha value is -2.08. The van der Waals surface area contributed by atoms with Crippen LogP contribution in [0.5, 0.6) is 0 Å². The Morgan fingerprint density at radius 1 is 1.16 bits per heavy atom. The maximum absolute atomic E-state index is 12.5. The average molecular weight is 344 g/mol. The molecule has 3 rings (SSSR count). The van der Waals surface area contributed by atoms with Gasteiger partial charge in [-0.05, 0) is 63.0 Å². The minimum Gasteiger partial charge on any atom is -0.345 e. The van der Waals surface area contributed by atoms with Crippen LogP contribution in [0.15, 0.2) is 18.2 Å². The number of nitrogens with one attached hydrogen (secondary N) is 1. The third-order valence-corrected chi connectivity index (χ3v) is 5.22. The number of anilines is 1. The second kappa shape index (κ2) is 7.44. The van der Waals surface area contributed by atoms with E-state index in [9.17, 15) is 9.59 Å². The van der Waals surface area contributed by atoms with Crippen molar-refractivity contribution in [3.63, 3.8) is 0 Å². The van der Waals surface area contributed by atoms with Crippen molar-refractivity contribution in [2.24, 2.45) is 0 Å². The highest BCUT2D eigenvalue weighted by Crippen LogP contribution is 2.22. The van der Waals surface area contributed by atoms with Crippen molar-refractivity contribution in [3.8, 4) is 0 Å². The van der Waals surface area contributed by atoms with E-state index in [1.54, 1.807) is 31.1 Å². The maximum Gasteiger partial charge on any atom is 0.321 e. The maximum atomic E-state index is 12.5. The number of nitrogens with zero attached hydrogens (tertiary/aromatic N) is 3. The van der Waals surface area contributed by atoms with Crippen LogP contribution in [0, 0.1) is 6.92 Å². The van der Waals surface area contributed by atoms with Crippen molar-refractivity contribution >= 4 is 17.6 Å². The number of urea groups is 1. The van der Waals surface area contributed by atoms with Gasteiger partial charge in [0.15, 0.2) is 0 Å². The van der Waals surface area contributed by atoms with Crippen LogP contribution in [0.25, 0.3) is 0 Å². The molecule has 0 unspecified atom stereocenters. The summed E-state index contributed by atoms with van der Waals surface area (Å²) < 4.78 is 0. The Morgan fingerprint density at radius 2 is 1.88 bits per heavy atom. The highest BCUT2D eigenvalue weighted by atomic mass is 16.2. The predicted octanol–water partition coefficient (Wildman–Crippen LogP) is 2.40. The average Bonchev–Trinajstić information content (AvgIpc) is 3.25. The molecule has 0 saturated carbocycles. The molecule has 2 saturated heterocycles. The summed E-state index contributed by atoms with van der Waals surface area (Å²) in [6.45, 7) is 5.85. The molecule has 0 aromatic heterocycles. The van der Waals surface area contributed by atoms with E-state index < -0.39 is 0 Å². The number of aryl methyl sites for hydroxylation is 1. The van der Waals surface area contributed by atoms with Crippen LogP contribution in [0.1, 0.15) is 35.2 Å². The SMILES string of the molecule is Cc1cc(NC(=O)N2CC[C@@H](N3CCCC3)C2)ccc1C(=O)N(C)C. The second-order valence-electron chi connectivity index (χ2n) is 7.29. The Morgan fingerprint density at radius 3 is 2.52 bits per heavy atom. The van der Waals surface area contributed by atoms with Gasteiger partial charge in [0, 0.05) is 44.5 Å². The molecule has 1 atom stereocenters. The highest BCUT2D eigenvalue weighted by molar-refractivity contribution is 5.96. The second-order valence-corrected chi connectivity index (χ2v) is 7.29. The molecule has 1 aromatic carbocycles. The molecular weight excluding hydrogens is 316 g/mol. The number of rotatable bonds is 3. The molecule has 1 N–H and O–H groups in total. The van der Waals surface area contributed by atoms with Crippen LogP contribution in [0.3, 0.4) is 0 Å². The van der Waals surface area contributed by atoms with Gasteiger partial charge in [0.25, 0.3) is 5.91 Å². The van der Waals surface area contributed by atoms with Gasteiger partial charge in [0.1, 0.15) is 0 Å². The molecule has 0 spiro atoms. The van der Waals surface area contributed by atoms with E-state index in [4.69, 9.17) is 0 Å². The first kappa shape index (κ1) is 17.7. The Balaban J connectivity index is 1.59. The summed E-state index contributed by atoms with van der Waals surface area (Å²) in [5, 5.41) is 2.97. The van der Waals surface area contributed by atoms with Crippen LogP contribution < -0.4 is 5.32 Å². The fourth-order valence-electron chi connectivity index (χ4n) is 3.76. The van der Waals surface area contributed by atoms with E-state index in [0.717, 1.165) is 30.8 Å². The number of likely N-dealkylation sites (tertiary alicyclic amines) is 2. The summed E-state index contributed by atoms with van der Waals surface area (Å²) in [6.07, 6.45) is 3.61. The first-order valence-corrected chi connectivity index (χ1v) is 9.08. The zero-order chi connectivity index (χ0) is 18.0. The van der Waals surface area contributed by atoms with Gasteiger partial charge in [-0.15, -0.1) is 0 Å². The van der Waals surface area contributed by atoms with Crippen LogP contribution >= 0.6 is 0 Å². The van der Waals surface area contributed by atoms with Crippen molar-refractivity contribution in [3.05, 3.63) is 29.3 Å². The summed E-state index contributed by atoms with van der Waals surface area (Å²) in [5.41, 5.74) is 2.27. The number of amides is 3. The molecular formula is C19H28N4O2. The van der Waals surface area contributed by atoms with Gasteiger partial charge in [-0.25, -0.2) is 4.79 Å². The number of hydrogen-bond acceptors (Lipinski definition) is 3. The fraction of sp³-hybridized carbons (Fsp3) is 0.579. The van der Waals surface area contributed by atoms with E-state index in [1.165, 1.54) is 25.9 Å². The molecule has 0 bridgehead atoms. The third kappa shape index (κ3) is 3.95. The van der Waals surface area contributed by atoms with E-state index in [2.05, 4.69) is 10.2 Å². The van der Waals surface area contributed by atoms with Gasteiger partial charge in [-0.1, -0.05) is 0 Å². The third-order valence-electron chi connectivity index (χ3n) is 5.22. The normalized spacial score (nSPS) is 20.8. The molecule has 2 heterocycles. The van der Waals surface area contributed by atoms with Gasteiger partial charge in [0.2, 0.25) is 0 Å². The van der Waals surface area contributed by atoms with Gasteiger partial charge >= 0.3 is 6.03 Å². The molecule has 6 heteroatoms. The highest BCUT2D eigenvalue weighted by Gasteiger charge is 2.31. The fourth-order valence-corrected chi connectivity index (χ4v) is 3.76. The van der Waals surface area contributed by atoms with Crippen LogP contribution in [0.2, 0.25) is 0 Å². The number of carbonyl (C=O) groups excluding carboxylic acids is 2. The lowest BCUT2D eigenvalue weighted by atomic mass is 10.1. The Labute approximate surface area is 149 Å². The zero-order valence-corrected chi connectivity index (χ0v) is 15.4. The van der Waals surface area contributed by atoms with E-state index in [0.29, 0.717) is 11.6 Å². The zero-order valence-electron chi connectivity index (χ0n) is 15.4. The molecule has 6 nitrogen and oxygen atoms in total. The first-order valence-electron chi connectivity index (χ1n) is 9.08. The van der Waals surface area contributed by atoms with Crippen molar-refractivity contribution in [1.82, 2.24) is 14.7 Å². The van der Waals surface area contributed by atoms with Crippen LogP contribution in [-0.2, 0) is 0 Å². The predicted molar refractivity (Wildman–Crippen MR) is 99.0 cm³/mol. The number of hydrogen-bond donors (Lipinski definition) is 1. The smallest absolute Gasteiger partial charge is 0.321 e. The monoisotopic (exact) mass is 344 g/mol. The summed E-state index contributed by atoms with van der Waals surface area (Å²) in [7, 11) is 3.48. The molecule has 1 aromatic rings. The molecule has 2 aliphatic heterocycles. The van der Waals surface area contributed by atoms with Crippen LogP contribution in [0.4, 0.5) is 10.5 Å². The molecule has 25 heavy (non-hydrogen) atoms. The van der Waals surface area contributed by atoms with Gasteiger partial charge in [-0.2, -0.15) is 0 Å². The molecule has 3 amide bonds. The lowest BCUT2D eigenvalue weighted by molar-refractivity contribution is 0.0827. The minimum absolute atomic E-state index is 0.0247. The molecule has 0 radical (unpaired) electrons. The van der Waals surface area contributed by atoms with Crippen LogP contribution in [-0.4, -0.2) is 73.0 Å². The van der Waals surface area contributed by atoms with E-state index >= 15 is 0 Å². The van der Waals surface area contributed by atoms with Crippen molar-refractivity contribution < 1.29 is 9.59 Å². The Bertz CT molecular complexity index is 653. The minimum atomic E-state index is -0.0483. The number of benzene rings is 1. The Kier molecular flexibility index (Phi) is 5.27. The summed E-state index contributed by atoms with van der Waals surface area (Å²) in [5.74, 6) is -0.0247. The van der Waals surface area contributed by atoms with Gasteiger partial charge < -0.3 is 15.1 Å². The summed E-state index contributed by atoms with van der Waals surface area (Å²) in [6, 6.07) is 5.91. The topological polar surface area (TPSA) is 55.9 Å². The molecule has 0 aliphatic carbocycles. The van der Waals surface area contributed by atoms with E-state index in [-0.39, 0.29) is 11.9 Å². The quantitative estimate of drug-likeness (QED) is 0.916. The molecule has 2 aliphatic rings. The standard InChI is InChI=1S/C19H28N4O2/c1-14-12-15(6-7-17(14)18(24)21(2)3)20-19(25)23-11-8-16(13-23)22-9-4-5-10-22/h6-7,12,16H,4-5,8-11,13H2,1-3H3,(H,20,25)/t16-/m1/s1. The van der Waals surface area contributed by atoms with Gasteiger partial charge in [-0.3, -0.25) is 9.69 Å². The molecule has 136 valence electrons. The van der Waals surface area contributed by atoms with Gasteiger partial charge in [0.05, 0.1) is 0 Å². The lowest BCUT2D eigenvalue weighted by Gasteiger charge is -2.23. The van der Waals surface area contributed by atoms with Crippen molar-refractivity contribution in [2.75, 3.05) is 45.6 Å². The van der Waals surface area contributed by atoms with E-state index in [1.807, 2.05) is 17.9 Å². The first-order chi connectivity index (χ1) is 12.0. The summed E-state index contributed by atoms with van der Waals surface area (Å²) >= 11 is 0. The largest absolute Gasteiger partial charge is 0.345 e.